The molecule has 0 aromatic heterocycles. The molecule has 2 aliphatic rings. The molecule has 0 aliphatic carbocycles. The summed E-state index contributed by atoms with van der Waals surface area (Å²) in [5.74, 6) is 1.67. The number of halogens is 3. The van der Waals surface area contributed by atoms with Crippen LogP contribution in [-0.2, 0) is 6.54 Å². The minimum atomic E-state index is 0. The van der Waals surface area contributed by atoms with Crippen LogP contribution in [0, 0.1) is 5.92 Å². The summed E-state index contributed by atoms with van der Waals surface area (Å²) >= 11 is 0. The van der Waals surface area contributed by atoms with Crippen molar-refractivity contribution in [3.05, 3.63) is 29.8 Å². The summed E-state index contributed by atoms with van der Waals surface area (Å²) in [5, 5.41) is 0. The van der Waals surface area contributed by atoms with Gasteiger partial charge in [0.05, 0.1) is 0 Å². The molecule has 2 aliphatic heterocycles. The first-order chi connectivity index (χ1) is 11.3. The Bertz CT molecular complexity index is 470. The maximum atomic E-state index is 5.88. The molecule has 0 amide bonds. The van der Waals surface area contributed by atoms with E-state index in [0.29, 0.717) is 5.92 Å². The van der Waals surface area contributed by atoms with E-state index in [1.54, 1.807) is 0 Å². The molecule has 1 unspecified atom stereocenters. The Balaban J connectivity index is 0.00000208. The highest BCUT2D eigenvalue weighted by molar-refractivity contribution is 5.86. The van der Waals surface area contributed by atoms with Gasteiger partial charge in [-0.05, 0) is 75.5 Å². The van der Waals surface area contributed by atoms with E-state index in [2.05, 4.69) is 34.1 Å². The summed E-state index contributed by atoms with van der Waals surface area (Å²) in [6.07, 6.45) is 5.25. The SMILES string of the molecule is Cl.Cl.Cl.NCC1CCCN(Cc2ccc(OCCN3CCCC3)cc2)C1. The molecule has 2 heterocycles. The number of ether oxygens (including phenoxy) is 1. The molecule has 2 fully saturated rings. The van der Waals surface area contributed by atoms with Gasteiger partial charge in [0.2, 0.25) is 0 Å². The van der Waals surface area contributed by atoms with Crippen LogP contribution in [0.2, 0.25) is 0 Å². The van der Waals surface area contributed by atoms with Crippen LogP contribution in [0.4, 0.5) is 0 Å². The maximum Gasteiger partial charge on any atom is 0.119 e. The van der Waals surface area contributed by atoms with Gasteiger partial charge in [0, 0.05) is 19.6 Å². The van der Waals surface area contributed by atoms with Crippen LogP contribution in [0.25, 0.3) is 0 Å². The highest BCUT2D eigenvalue weighted by atomic mass is 35.5. The van der Waals surface area contributed by atoms with Gasteiger partial charge in [-0.3, -0.25) is 9.80 Å². The first-order valence-corrected chi connectivity index (χ1v) is 9.20. The third kappa shape index (κ3) is 8.20. The Morgan fingerprint density at radius 3 is 2.23 bits per heavy atom. The summed E-state index contributed by atoms with van der Waals surface area (Å²) in [6, 6.07) is 8.64. The van der Waals surface area contributed by atoms with E-state index in [1.807, 2.05) is 0 Å². The van der Waals surface area contributed by atoms with Crippen LogP contribution in [-0.4, -0.2) is 55.7 Å². The Morgan fingerprint density at radius 2 is 1.58 bits per heavy atom. The van der Waals surface area contributed by atoms with Gasteiger partial charge in [-0.15, -0.1) is 37.2 Å². The Kier molecular flexibility index (Phi) is 13.7. The van der Waals surface area contributed by atoms with Crippen molar-refractivity contribution in [3.63, 3.8) is 0 Å². The Labute approximate surface area is 177 Å². The summed E-state index contributed by atoms with van der Waals surface area (Å²) in [6.45, 7) is 8.52. The molecule has 1 aromatic carbocycles. The standard InChI is InChI=1S/C19H31N3O.3ClH/c20-14-18-4-3-11-22(16-18)15-17-5-7-19(8-6-17)23-13-12-21-9-1-2-10-21;;;/h5-8,18H,1-4,9-16,20H2;3*1H. The fourth-order valence-electron chi connectivity index (χ4n) is 3.74. The molecule has 1 aromatic rings. The van der Waals surface area contributed by atoms with Crippen LogP contribution in [0.3, 0.4) is 0 Å². The smallest absolute Gasteiger partial charge is 0.119 e. The average Bonchev–Trinajstić information content (AvgIpc) is 3.10. The van der Waals surface area contributed by atoms with Crippen molar-refractivity contribution in [3.8, 4) is 5.75 Å². The molecular formula is C19H34Cl3N3O. The summed E-state index contributed by atoms with van der Waals surface area (Å²) in [7, 11) is 0. The number of hydrogen-bond acceptors (Lipinski definition) is 4. The van der Waals surface area contributed by atoms with E-state index in [-0.39, 0.29) is 37.2 Å². The van der Waals surface area contributed by atoms with Gasteiger partial charge in [0.25, 0.3) is 0 Å². The van der Waals surface area contributed by atoms with Crippen molar-refractivity contribution in [1.82, 2.24) is 9.80 Å². The molecule has 0 radical (unpaired) electrons. The lowest BCUT2D eigenvalue weighted by Gasteiger charge is -2.32. The Morgan fingerprint density at radius 1 is 0.923 bits per heavy atom. The van der Waals surface area contributed by atoms with Gasteiger partial charge in [0.15, 0.2) is 0 Å². The van der Waals surface area contributed by atoms with E-state index in [0.717, 1.165) is 38.5 Å². The van der Waals surface area contributed by atoms with E-state index >= 15 is 0 Å². The van der Waals surface area contributed by atoms with E-state index in [4.69, 9.17) is 10.5 Å². The minimum Gasteiger partial charge on any atom is -0.492 e. The van der Waals surface area contributed by atoms with Crippen molar-refractivity contribution < 1.29 is 4.74 Å². The molecule has 4 nitrogen and oxygen atoms in total. The molecule has 26 heavy (non-hydrogen) atoms. The molecule has 0 bridgehead atoms. The van der Waals surface area contributed by atoms with E-state index in [9.17, 15) is 0 Å². The molecule has 0 saturated carbocycles. The predicted molar refractivity (Wildman–Crippen MR) is 116 cm³/mol. The lowest BCUT2D eigenvalue weighted by Crippen LogP contribution is -2.37. The summed E-state index contributed by atoms with van der Waals surface area (Å²) in [5.41, 5.74) is 7.19. The number of nitrogens with two attached hydrogens (primary N) is 1. The number of benzene rings is 1. The van der Waals surface area contributed by atoms with Crippen LogP contribution < -0.4 is 10.5 Å². The van der Waals surface area contributed by atoms with Crippen molar-refractivity contribution in [2.75, 3.05) is 45.9 Å². The highest BCUT2D eigenvalue weighted by Crippen LogP contribution is 2.19. The molecule has 3 rings (SSSR count). The van der Waals surface area contributed by atoms with Gasteiger partial charge < -0.3 is 10.5 Å². The number of rotatable bonds is 7. The molecule has 2 N–H and O–H groups in total. The monoisotopic (exact) mass is 425 g/mol. The maximum absolute atomic E-state index is 5.88. The van der Waals surface area contributed by atoms with E-state index in [1.165, 1.54) is 50.9 Å². The third-order valence-electron chi connectivity index (χ3n) is 5.14. The summed E-state index contributed by atoms with van der Waals surface area (Å²) < 4.78 is 5.88. The van der Waals surface area contributed by atoms with Gasteiger partial charge in [-0.25, -0.2) is 0 Å². The lowest BCUT2D eigenvalue weighted by atomic mass is 9.98. The Hall–Kier alpha value is -0.230. The number of nitrogens with zero attached hydrogens (tertiary/aromatic N) is 2. The van der Waals surface area contributed by atoms with E-state index < -0.39 is 0 Å². The zero-order valence-electron chi connectivity index (χ0n) is 15.5. The molecule has 7 heteroatoms. The largest absolute Gasteiger partial charge is 0.492 e. The average molecular weight is 427 g/mol. The first-order valence-electron chi connectivity index (χ1n) is 9.20. The minimum absolute atomic E-state index is 0. The molecule has 1 atom stereocenters. The van der Waals surface area contributed by atoms with Crippen molar-refractivity contribution in [1.29, 1.82) is 0 Å². The molecule has 2 saturated heterocycles. The number of hydrogen-bond donors (Lipinski definition) is 1. The fraction of sp³-hybridized carbons (Fsp3) is 0.684. The topological polar surface area (TPSA) is 41.7 Å². The second kappa shape index (κ2) is 13.9. The summed E-state index contributed by atoms with van der Waals surface area (Å²) in [4.78, 5) is 5.02. The second-order valence-corrected chi connectivity index (χ2v) is 7.02. The second-order valence-electron chi connectivity index (χ2n) is 7.02. The third-order valence-corrected chi connectivity index (χ3v) is 5.14. The van der Waals surface area contributed by atoms with Gasteiger partial charge in [-0.1, -0.05) is 12.1 Å². The first kappa shape index (κ1) is 25.8. The van der Waals surface area contributed by atoms with Crippen molar-refractivity contribution in [2.45, 2.75) is 32.2 Å². The van der Waals surface area contributed by atoms with Crippen molar-refractivity contribution in [2.24, 2.45) is 11.7 Å². The normalized spacial score (nSPS) is 20.6. The van der Waals surface area contributed by atoms with Gasteiger partial charge in [-0.2, -0.15) is 0 Å². The number of piperidine rings is 1. The van der Waals surface area contributed by atoms with Crippen LogP contribution in [0.5, 0.6) is 5.75 Å². The zero-order chi connectivity index (χ0) is 15.9. The predicted octanol–water partition coefficient (Wildman–Crippen LogP) is 3.60. The zero-order valence-corrected chi connectivity index (χ0v) is 17.9. The molecule has 152 valence electrons. The van der Waals surface area contributed by atoms with Gasteiger partial charge >= 0.3 is 0 Å². The molecule has 0 spiro atoms. The quantitative estimate of drug-likeness (QED) is 0.723. The van der Waals surface area contributed by atoms with Crippen LogP contribution in [0.15, 0.2) is 24.3 Å². The molecular weight excluding hydrogens is 393 g/mol. The number of likely N-dealkylation sites (tertiary alicyclic amines) is 2. The fourth-order valence-corrected chi connectivity index (χ4v) is 3.74. The van der Waals surface area contributed by atoms with Gasteiger partial charge in [0.1, 0.15) is 12.4 Å². The van der Waals surface area contributed by atoms with Crippen LogP contribution in [0.1, 0.15) is 31.2 Å². The lowest BCUT2D eigenvalue weighted by molar-refractivity contribution is 0.171. The highest BCUT2D eigenvalue weighted by Gasteiger charge is 2.18. The van der Waals surface area contributed by atoms with Crippen LogP contribution >= 0.6 is 37.2 Å². The van der Waals surface area contributed by atoms with Crippen molar-refractivity contribution >= 4 is 37.2 Å².